The third kappa shape index (κ3) is 8.50. The van der Waals surface area contributed by atoms with Crippen LogP contribution in [0.4, 0.5) is 11.4 Å². The lowest BCUT2D eigenvalue weighted by molar-refractivity contribution is 0.0990. The lowest BCUT2D eigenvalue weighted by Gasteiger charge is -2.20. The molecule has 2 aromatic carbocycles. The monoisotopic (exact) mass is 532 g/mol. The fourth-order valence-electron chi connectivity index (χ4n) is 4.35. The Bertz CT molecular complexity index is 1120. The second kappa shape index (κ2) is 14.0. The highest BCUT2D eigenvalue weighted by Gasteiger charge is 2.28. The van der Waals surface area contributed by atoms with Crippen molar-refractivity contribution in [3.05, 3.63) is 53.1 Å². The molecule has 1 amide bonds. The highest BCUT2D eigenvalue weighted by molar-refractivity contribution is 7.99. The molecule has 0 saturated heterocycles. The molecule has 0 atom stereocenters. The molecule has 2 aromatic rings. The minimum absolute atomic E-state index is 0.194. The summed E-state index contributed by atoms with van der Waals surface area (Å²) < 4.78 is 26.4. The molecule has 4 N–H and O–H groups in total. The quantitative estimate of drug-likeness (QED) is 0.226. The van der Waals surface area contributed by atoms with Gasteiger partial charge in [0.25, 0.3) is 5.91 Å². The second-order valence-corrected chi connectivity index (χ2v) is 12.2. The third-order valence-electron chi connectivity index (χ3n) is 6.20. The molecule has 198 valence electrons. The Morgan fingerprint density at radius 1 is 1.08 bits per heavy atom. The van der Waals surface area contributed by atoms with Crippen molar-refractivity contribution in [3.8, 4) is 0 Å². The molecule has 7 nitrogen and oxygen atoms in total. The molecule has 1 heterocycles. The number of thioether (sulfide) groups is 1. The first-order valence-electron chi connectivity index (χ1n) is 12.9. The zero-order chi connectivity index (χ0) is 26.0. The number of sulfonamides is 1. The van der Waals surface area contributed by atoms with Crippen LogP contribution in [0.5, 0.6) is 0 Å². The standard InChI is InChI=1S/C27H40N4O3S2/c1-3-4-5-6-7-17-35-23-10-12-26-22(19-23)13-16-31(26)27(32)24-18-21(20-29-15-8-14-28)9-11-25(24)30-36(2,33)34/h9-12,18-19,29-30H,3-8,13-17,20,28H2,1-2H3. The molecule has 0 fully saturated rings. The van der Waals surface area contributed by atoms with E-state index in [0.717, 1.165) is 48.2 Å². The molecule has 1 aliphatic heterocycles. The normalized spacial score (nSPS) is 13.1. The lowest BCUT2D eigenvalue weighted by atomic mass is 10.1. The van der Waals surface area contributed by atoms with Crippen LogP contribution in [0.25, 0.3) is 0 Å². The van der Waals surface area contributed by atoms with Crippen LogP contribution in [0.15, 0.2) is 41.3 Å². The van der Waals surface area contributed by atoms with Crippen molar-refractivity contribution in [2.45, 2.75) is 63.3 Å². The smallest absolute Gasteiger partial charge is 0.260 e. The number of hydrogen-bond donors (Lipinski definition) is 3. The largest absolute Gasteiger partial charge is 0.330 e. The van der Waals surface area contributed by atoms with Gasteiger partial charge in [0.15, 0.2) is 0 Å². The van der Waals surface area contributed by atoms with Crippen LogP contribution in [0, 0.1) is 0 Å². The zero-order valence-corrected chi connectivity index (χ0v) is 23.1. The number of benzene rings is 2. The van der Waals surface area contributed by atoms with Crippen LogP contribution in [0.2, 0.25) is 0 Å². The molecule has 9 heteroatoms. The average molecular weight is 533 g/mol. The van der Waals surface area contributed by atoms with Crippen molar-refractivity contribution >= 4 is 39.1 Å². The fraction of sp³-hybridized carbons (Fsp3) is 0.519. The van der Waals surface area contributed by atoms with Crippen molar-refractivity contribution < 1.29 is 13.2 Å². The van der Waals surface area contributed by atoms with E-state index in [1.54, 1.807) is 17.0 Å². The zero-order valence-electron chi connectivity index (χ0n) is 21.5. The van der Waals surface area contributed by atoms with Crippen molar-refractivity contribution in [2.24, 2.45) is 5.73 Å². The lowest BCUT2D eigenvalue weighted by Crippen LogP contribution is -2.30. The van der Waals surface area contributed by atoms with Crippen LogP contribution in [-0.4, -0.2) is 46.0 Å². The van der Waals surface area contributed by atoms with Crippen LogP contribution < -0.4 is 20.7 Å². The molecular formula is C27H40N4O3S2. The summed E-state index contributed by atoms with van der Waals surface area (Å²) in [5, 5.41) is 3.31. The SMILES string of the molecule is CCCCCCCSc1ccc2c(c1)CCN2C(=O)c1cc(CNCCCN)ccc1NS(C)(=O)=O. The first-order valence-corrected chi connectivity index (χ1v) is 15.8. The Hall–Kier alpha value is -2.07. The number of nitrogens with two attached hydrogens (primary N) is 1. The highest BCUT2D eigenvalue weighted by Crippen LogP contribution is 2.34. The van der Waals surface area contributed by atoms with Crippen LogP contribution in [0.3, 0.4) is 0 Å². The summed E-state index contributed by atoms with van der Waals surface area (Å²) in [5.41, 5.74) is 9.21. The number of nitrogens with zero attached hydrogens (tertiary/aromatic N) is 1. The number of hydrogen-bond acceptors (Lipinski definition) is 6. The van der Waals surface area contributed by atoms with Crippen molar-refractivity contribution in [2.75, 3.05) is 41.3 Å². The van der Waals surface area contributed by atoms with Crippen LogP contribution in [0.1, 0.15) is 66.9 Å². The van der Waals surface area contributed by atoms with E-state index in [2.05, 4.69) is 29.1 Å². The van der Waals surface area contributed by atoms with Crippen molar-refractivity contribution in [1.29, 1.82) is 0 Å². The van der Waals surface area contributed by atoms with E-state index in [4.69, 9.17) is 5.73 Å². The topological polar surface area (TPSA) is 105 Å². The number of unbranched alkanes of at least 4 members (excludes halogenated alkanes) is 4. The third-order valence-corrected chi connectivity index (χ3v) is 7.88. The van der Waals surface area contributed by atoms with E-state index in [1.807, 2.05) is 23.9 Å². The second-order valence-electron chi connectivity index (χ2n) is 9.33. The van der Waals surface area contributed by atoms with E-state index < -0.39 is 10.0 Å². The first-order chi connectivity index (χ1) is 17.3. The highest BCUT2D eigenvalue weighted by atomic mass is 32.2. The number of rotatable bonds is 15. The van der Waals surface area contributed by atoms with Crippen molar-refractivity contribution in [3.63, 3.8) is 0 Å². The molecule has 0 saturated carbocycles. The average Bonchev–Trinajstić information content (AvgIpc) is 3.27. The Kier molecular flexibility index (Phi) is 11.1. The van der Waals surface area contributed by atoms with Crippen LogP contribution >= 0.6 is 11.8 Å². The summed E-state index contributed by atoms with van der Waals surface area (Å²) in [6.07, 6.45) is 9.12. The van der Waals surface area contributed by atoms with Gasteiger partial charge in [-0.3, -0.25) is 9.52 Å². The Morgan fingerprint density at radius 2 is 1.89 bits per heavy atom. The molecule has 0 radical (unpaired) electrons. The maximum atomic E-state index is 13.7. The fourth-order valence-corrected chi connectivity index (χ4v) is 5.90. The molecule has 36 heavy (non-hydrogen) atoms. The molecule has 0 aliphatic carbocycles. The predicted molar refractivity (Wildman–Crippen MR) is 152 cm³/mol. The number of carbonyl (C=O) groups excluding carboxylic acids is 1. The minimum atomic E-state index is -3.53. The number of fused-ring (bicyclic) bond motifs is 1. The predicted octanol–water partition coefficient (Wildman–Crippen LogP) is 4.76. The molecular weight excluding hydrogens is 492 g/mol. The maximum Gasteiger partial charge on any atom is 0.260 e. The summed E-state index contributed by atoms with van der Waals surface area (Å²) in [6.45, 7) is 4.78. The van der Waals surface area contributed by atoms with E-state index in [1.165, 1.54) is 37.0 Å². The van der Waals surface area contributed by atoms with E-state index in [0.29, 0.717) is 30.9 Å². The van der Waals surface area contributed by atoms with Gasteiger partial charge in [-0.05, 0) is 79.6 Å². The Labute approximate surface area is 220 Å². The van der Waals surface area contributed by atoms with Gasteiger partial charge in [-0.1, -0.05) is 38.7 Å². The van der Waals surface area contributed by atoms with Gasteiger partial charge in [-0.25, -0.2) is 8.42 Å². The van der Waals surface area contributed by atoms with Gasteiger partial charge in [-0.15, -0.1) is 11.8 Å². The number of carbonyl (C=O) groups is 1. The van der Waals surface area contributed by atoms with E-state index in [-0.39, 0.29) is 5.91 Å². The molecule has 1 aliphatic rings. The first kappa shape index (κ1) is 28.5. The summed E-state index contributed by atoms with van der Waals surface area (Å²) in [5.74, 6) is 0.914. The summed E-state index contributed by atoms with van der Waals surface area (Å²) in [7, 11) is -3.53. The molecule has 0 bridgehead atoms. The van der Waals surface area contributed by atoms with E-state index >= 15 is 0 Å². The molecule has 0 aromatic heterocycles. The number of nitrogens with one attached hydrogen (secondary N) is 2. The number of anilines is 2. The van der Waals surface area contributed by atoms with Gasteiger partial charge >= 0.3 is 0 Å². The van der Waals surface area contributed by atoms with Gasteiger partial charge in [-0.2, -0.15) is 0 Å². The van der Waals surface area contributed by atoms with Gasteiger partial charge in [0.1, 0.15) is 0 Å². The summed E-state index contributed by atoms with van der Waals surface area (Å²) >= 11 is 1.88. The Morgan fingerprint density at radius 3 is 2.64 bits per heavy atom. The van der Waals surface area contributed by atoms with E-state index in [9.17, 15) is 13.2 Å². The van der Waals surface area contributed by atoms with Crippen molar-refractivity contribution in [1.82, 2.24) is 5.32 Å². The van der Waals surface area contributed by atoms with Gasteiger partial charge in [0, 0.05) is 23.7 Å². The molecule has 3 rings (SSSR count). The molecule has 0 spiro atoms. The van der Waals surface area contributed by atoms with Gasteiger partial charge in [0.2, 0.25) is 10.0 Å². The molecule has 0 unspecified atom stereocenters. The number of amides is 1. The summed E-state index contributed by atoms with van der Waals surface area (Å²) in [6, 6.07) is 11.6. The van der Waals surface area contributed by atoms with Gasteiger partial charge < -0.3 is 16.0 Å². The minimum Gasteiger partial charge on any atom is -0.330 e. The Balaban J connectivity index is 1.74. The summed E-state index contributed by atoms with van der Waals surface area (Å²) in [4.78, 5) is 16.7. The van der Waals surface area contributed by atoms with Crippen LogP contribution in [-0.2, 0) is 23.0 Å². The maximum absolute atomic E-state index is 13.7. The van der Waals surface area contributed by atoms with Gasteiger partial charge in [0.05, 0.1) is 17.5 Å².